The summed E-state index contributed by atoms with van der Waals surface area (Å²) in [6.07, 6.45) is 1.58. The molecule has 1 aliphatic heterocycles. The molecule has 0 unspecified atom stereocenters. The second-order valence-electron chi connectivity index (χ2n) is 7.94. The van der Waals surface area contributed by atoms with Crippen LogP contribution < -0.4 is 4.90 Å². The molecule has 1 aromatic heterocycles. The quantitative estimate of drug-likeness (QED) is 0.509. The number of carbonyl (C=O) groups excluding carboxylic acids is 2. The van der Waals surface area contributed by atoms with Crippen molar-refractivity contribution in [1.82, 2.24) is 9.88 Å². The average molecular weight is 448 g/mol. The van der Waals surface area contributed by atoms with Crippen LogP contribution in [0.5, 0.6) is 0 Å². The third kappa shape index (κ3) is 5.14. The van der Waals surface area contributed by atoms with Crippen LogP contribution in [0.25, 0.3) is 10.9 Å². The fourth-order valence-corrected chi connectivity index (χ4v) is 4.19. The molecule has 0 N–H and O–H groups in total. The molecule has 0 atom stereocenters. The molecule has 7 nitrogen and oxygen atoms in total. The number of hydrogen-bond acceptors (Lipinski definition) is 7. The van der Waals surface area contributed by atoms with Crippen LogP contribution in [0.4, 0.5) is 5.69 Å². The minimum Gasteiger partial charge on any atom is -0.462 e. The van der Waals surface area contributed by atoms with Gasteiger partial charge in [-0.05, 0) is 37.6 Å². The van der Waals surface area contributed by atoms with Crippen molar-refractivity contribution in [3.05, 3.63) is 71.4 Å². The molecule has 1 saturated heterocycles. The number of hydrogen-bond donors (Lipinski definition) is 0. The van der Waals surface area contributed by atoms with E-state index in [1.807, 2.05) is 6.07 Å². The maximum absolute atomic E-state index is 12.8. The fraction of sp³-hybridized carbons (Fsp3) is 0.346. The van der Waals surface area contributed by atoms with Crippen LogP contribution in [0, 0.1) is 0 Å². The first-order chi connectivity index (χ1) is 16.1. The lowest BCUT2D eigenvalue weighted by Crippen LogP contribution is -2.46. The first-order valence-corrected chi connectivity index (χ1v) is 11.4. The number of benzene rings is 2. The van der Waals surface area contributed by atoms with Crippen molar-refractivity contribution in [1.29, 1.82) is 0 Å². The Bertz CT molecular complexity index is 1120. The number of nitrogens with zero attached hydrogens (tertiary/aromatic N) is 3. The van der Waals surface area contributed by atoms with E-state index in [0.717, 1.165) is 49.3 Å². The average Bonchev–Trinajstić information content (AvgIpc) is 2.84. The predicted molar refractivity (Wildman–Crippen MR) is 128 cm³/mol. The smallest absolute Gasteiger partial charge is 0.341 e. The summed E-state index contributed by atoms with van der Waals surface area (Å²) in [7, 11) is 0. The Hall–Kier alpha value is -3.45. The van der Waals surface area contributed by atoms with Gasteiger partial charge < -0.3 is 14.4 Å². The Morgan fingerprint density at radius 3 is 2.30 bits per heavy atom. The van der Waals surface area contributed by atoms with Crippen LogP contribution in [-0.4, -0.2) is 61.2 Å². The number of fused-ring (bicyclic) bond motifs is 1. The second kappa shape index (κ2) is 10.4. The first-order valence-electron chi connectivity index (χ1n) is 11.4. The van der Waals surface area contributed by atoms with Gasteiger partial charge >= 0.3 is 11.9 Å². The number of piperazine rings is 1. The van der Waals surface area contributed by atoms with Crippen molar-refractivity contribution in [2.45, 2.75) is 20.4 Å². The molecule has 7 heteroatoms. The molecule has 3 aromatic rings. The number of pyridine rings is 1. The van der Waals surface area contributed by atoms with Crippen molar-refractivity contribution in [2.75, 3.05) is 44.3 Å². The molecule has 33 heavy (non-hydrogen) atoms. The Labute approximate surface area is 193 Å². The van der Waals surface area contributed by atoms with E-state index in [-0.39, 0.29) is 12.6 Å². The van der Waals surface area contributed by atoms with E-state index in [0.29, 0.717) is 17.7 Å². The molecule has 0 amide bonds. The molecular weight excluding hydrogens is 418 g/mol. The van der Waals surface area contributed by atoms with Gasteiger partial charge in [0.2, 0.25) is 0 Å². The van der Waals surface area contributed by atoms with Crippen LogP contribution in [0.3, 0.4) is 0 Å². The van der Waals surface area contributed by atoms with Crippen molar-refractivity contribution in [2.24, 2.45) is 0 Å². The fourth-order valence-electron chi connectivity index (χ4n) is 4.19. The number of rotatable bonds is 7. The van der Waals surface area contributed by atoms with Crippen molar-refractivity contribution < 1.29 is 19.1 Å². The van der Waals surface area contributed by atoms with E-state index < -0.39 is 5.97 Å². The summed E-state index contributed by atoms with van der Waals surface area (Å²) < 4.78 is 10.5. The SMILES string of the molecule is CCOC(=O)c1ccc2ncc(C(=O)OCC)c(N3CCN(Cc4ccccc4)CC3)c2c1. The first kappa shape index (κ1) is 22.7. The highest BCUT2D eigenvalue weighted by Crippen LogP contribution is 2.32. The van der Waals surface area contributed by atoms with Crippen LogP contribution >= 0.6 is 0 Å². The summed E-state index contributed by atoms with van der Waals surface area (Å²) in [5.41, 5.74) is 3.63. The number of carbonyl (C=O) groups is 2. The summed E-state index contributed by atoms with van der Waals surface area (Å²) >= 11 is 0. The minimum atomic E-state index is -0.407. The van der Waals surface area contributed by atoms with Gasteiger partial charge in [-0.15, -0.1) is 0 Å². The van der Waals surface area contributed by atoms with Crippen LogP contribution in [0.1, 0.15) is 40.1 Å². The number of aromatic nitrogens is 1. The van der Waals surface area contributed by atoms with E-state index in [4.69, 9.17) is 9.47 Å². The summed E-state index contributed by atoms with van der Waals surface area (Å²) in [4.78, 5) is 34.2. The largest absolute Gasteiger partial charge is 0.462 e. The molecular formula is C26H29N3O4. The highest BCUT2D eigenvalue weighted by Gasteiger charge is 2.25. The zero-order valence-electron chi connectivity index (χ0n) is 19.1. The Balaban J connectivity index is 1.66. The Kier molecular flexibility index (Phi) is 7.19. The second-order valence-corrected chi connectivity index (χ2v) is 7.94. The van der Waals surface area contributed by atoms with Crippen molar-refractivity contribution in [3.63, 3.8) is 0 Å². The Morgan fingerprint density at radius 1 is 0.909 bits per heavy atom. The molecule has 0 saturated carbocycles. The molecule has 0 bridgehead atoms. The molecule has 1 fully saturated rings. The highest BCUT2D eigenvalue weighted by atomic mass is 16.5. The lowest BCUT2D eigenvalue weighted by atomic mass is 10.0. The molecule has 1 aliphatic rings. The summed E-state index contributed by atoms with van der Waals surface area (Å²) in [5, 5.41) is 0.752. The van der Waals surface area contributed by atoms with Crippen molar-refractivity contribution in [3.8, 4) is 0 Å². The van der Waals surface area contributed by atoms with Crippen LogP contribution in [0.2, 0.25) is 0 Å². The van der Waals surface area contributed by atoms with E-state index in [1.165, 1.54) is 5.56 Å². The standard InChI is InChI=1S/C26H29N3O4/c1-3-32-25(30)20-10-11-23-21(16-20)24(22(17-27-23)26(31)33-4-2)29-14-12-28(13-15-29)18-19-8-6-5-7-9-19/h5-11,16-17H,3-4,12-15,18H2,1-2H3. The molecule has 0 aliphatic carbocycles. The maximum atomic E-state index is 12.8. The molecule has 0 radical (unpaired) electrons. The van der Waals surface area contributed by atoms with Crippen LogP contribution in [0.15, 0.2) is 54.7 Å². The topological polar surface area (TPSA) is 72.0 Å². The van der Waals surface area contributed by atoms with Gasteiger partial charge in [0.1, 0.15) is 5.56 Å². The monoisotopic (exact) mass is 447 g/mol. The van der Waals surface area contributed by atoms with Crippen LogP contribution in [-0.2, 0) is 16.0 Å². The summed E-state index contributed by atoms with van der Waals surface area (Å²) in [5.74, 6) is -0.797. The van der Waals surface area contributed by atoms with E-state index in [1.54, 1.807) is 38.2 Å². The van der Waals surface area contributed by atoms with Gasteiger partial charge in [-0.3, -0.25) is 9.88 Å². The predicted octanol–water partition coefficient (Wildman–Crippen LogP) is 3.91. The number of esters is 2. The van der Waals surface area contributed by atoms with E-state index >= 15 is 0 Å². The van der Waals surface area contributed by atoms with Crippen molar-refractivity contribution >= 4 is 28.5 Å². The molecule has 2 heterocycles. The van der Waals surface area contributed by atoms with Gasteiger partial charge in [0.15, 0.2) is 0 Å². The number of ether oxygens (including phenoxy) is 2. The van der Waals surface area contributed by atoms with Gasteiger partial charge in [0.05, 0.1) is 30.0 Å². The molecule has 4 rings (SSSR count). The highest BCUT2D eigenvalue weighted by molar-refractivity contribution is 6.07. The van der Waals surface area contributed by atoms with Gasteiger partial charge in [-0.2, -0.15) is 0 Å². The maximum Gasteiger partial charge on any atom is 0.341 e. The van der Waals surface area contributed by atoms with E-state index in [9.17, 15) is 9.59 Å². The third-order valence-electron chi connectivity index (χ3n) is 5.78. The zero-order valence-corrected chi connectivity index (χ0v) is 19.1. The molecule has 172 valence electrons. The number of anilines is 1. The lowest BCUT2D eigenvalue weighted by Gasteiger charge is -2.37. The third-order valence-corrected chi connectivity index (χ3v) is 5.78. The van der Waals surface area contributed by atoms with Gasteiger partial charge in [-0.1, -0.05) is 30.3 Å². The minimum absolute atomic E-state index is 0.282. The van der Waals surface area contributed by atoms with E-state index in [2.05, 4.69) is 39.0 Å². The normalized spacial score (nSPS) is 14.3. The van der Waals surface area contributed by atoms with Gasteiger partial charge in [-0.25, -0.2) is 9.59 Å². The summed E-state index contributed by atoms with van der Waals surface area (Å²) in [6.45, 7) is 8.26. The molecule has 0 spiro atoms. The Morgan fingerprint density at radius 2 is 1.61 bits per heavy atom. The van der Waals surface area contributed by atoms with Gasteiger partial charge in [0, 0.05) is 44.3 Å². The molecule has 2 aromatic carbocycles. The summed E-state index contributed by atoms with van der Waals surface area (Å²) in [6, 6.07) is 15.7. The lowest BCUT2D eigenvalue weighted by molar-refractivity contribution is 0.0517. The zero-order chi connectivity index (χ0) is 23.2. The van der Waals surface area contributed by atoms with Gasteiger partial charge in [0.25, 0.3) is 0 Å².